The lowest BCUT2D eigenvalue weighted by Gasteiger charge is -2.46. The predicted molar refractivity (Wildman–Crippen MR) is 78.6 cm³/mol. The Morgan fingerprint density at radius 3 is 2.89 bits per heavy atom. The molecule has 1 aliphatic heterocycles. The maximum absolute atomic E-state index is 3.67. The summed E-state index contributed by atoms with van der Waals surface area (Å²) in [6.07, 6.45) is 2.81. The van der Waals surface area contributed by atoms with E-state index in [0.717, 1.165) is 32.1 Å². The van der Waals surface area contributed by atoms with Gasteiger partial charge in [-0.2, -0.15) is 0 Å². The SMILES string of the molecule is CC1(C2CC2)CNCCN1Cc1ccccc1Br. The van der Waals surface area contributed by atoms with E-state index in [1.165, 1.54) is 22.9 Å². The number of hydrogen-bond donors (Lipinski definition) is 1. The van der Waals surface area contributed by atoms with Gasteiger partial charge in [-0.15, -0.1) is 0 Å². The Morgan fingerprint density at radius 1 is 1.39 bits per heavy atom. The molecule has 2 aliphatic rings. The van der Waals surface area contributed by atoms with Crippen molar-refractivity contribution in [1.82, 2.24) is 10.2 Å². The quantitative estimate of drug-likeness (QED) is 0.923. The van der Waals surface area contributed by atoms with Gasteiger partial charge in [-0.25, -0.2) is 0 Å². The number of hydrogen-bond acceptors (Lipinski definition) is 2. The molecule has 2 nitrogen and oxygen atoms in total. The average Bonchev–Trinajstić information content (AvgIpc) is 3.19. The lowest BCUT2D eigenvalue weighted by molar-refractivity contribution is 0.0482. The second kappa shape index (κ2) is 4.95. The van der Waals surface area contributed by atoms with E-state index in [4.69, 9.17) is 0 Å². The zero-order valence-electron chi connectivity index (χ0n) is 11.0. The highest BCUT2D eigenvalue weighted by Crippen LogP contribution is 2.44. The van der Waals surface area contributed by atoms with E-state index in [-0.39, 0.29) is 0 Å². The van der Waals surface area contributed by atoms with Crippen LogP contribution in [-0.2, 0) is 6.54 Å². The molecule has 0 spiro atoms. The summed E-state index contributed by atoms with van der Waals surface area (Å²) in [4.78, 5) is 2.68. The molecule has 1 atom stereocenters. The molecule has 1 saturated carbocycles. The highest BCUT2D eigenvalue weighted by atomic mass is 79.9. The lowest BCUT2D eigenvalue weighted by Crippen LogP contribution is -2.60. The monoisotopic (exact) mass is 308 g/mol. The van der Waals surface area contributed by atoms with Crippen LogP contribution >= 0.6 is 15.9 Å². The van der Waals surface area contributed by atoms with Crippen LogP contribution in [0.5, 0.6) is 0 Å². The molecular formula is C15H21BrN2. The van der Waals surface area contributed by atoms with Crippen LogP contribution in [0.4, 0.5) is 0 Å². The van der Waals surface area contributed by atoms with E-state index >= 15 is 0 Å². The van der Waals surface area contributed by atoms with E-state index in [0.29, 0.717) is 5.54 Å². The number of nitrogens with one attached hydrogen (secondary N) is 1. The molecule has 1 unspecified atom stereocenters. The zero-order valence-corrected chi connectivity index (χ0v) is 12.5. The Kier molecular flexibility index (Phi) is 3.48. The zero-order chi connectivity index (χ0) is 12.6. The molecule has 3 rings (SSSR count). The summed E-state index contributed by atoms with van der Waals surface area (Å²) in [6, 6.07) is 8.60. The fourth-order valence-corrected chi connectivity index (χ4v) is 3.53. The van der Waals surface area contributed by atoms with Crippen molar-refractivity contribution < 1.29 is 0 Å². The van der Waals surface area contributed by atoms with Crippen LogP contribution in [0, 0.1) is 5.92 Å². The van der Waals surface area contributed by atoms with Crippen LogP contribution in [0.2, 0.25) is 0 Å². The van der Waals surface area contributed by atoms with Crippen molar-refractivity contribution in [3.05, 3.63) is 34.3 Å². The van der Waals surface area contributed by atoms with Crippen LogP contribution in [0.25, 0.3) is 0 Å². The van der Waals surface area contributed by atoms with Gasteiger partial charge in [0, 0.05) is 36.2 Å². The maximum atomic E-state index is 3.67. The van der Waals surface area contributed by atoms with Gasteiger partial charge in [0.1, 0.15) is 0 Å². The smallest absolute Gasteiger partial charge is 0.0337 e. The standard InChI is InChI=1S/C15H21BrN2/c1-15(13-6-7-13)11-17-8-9-18(15)10-12-4-2-3-5-14(12)16/h2-5,13,17H,6-11H2,1H3. The third-order valence-electron chi connectivity index (χ3n) is 4.54. The first-order valence-corrected chi connectivity index (χ1v) is 7.68. The first-order valence-electron chi connectivity index (χ1n) is 6.89. The Hall–Kier alpha value is -0.380. The van der Waals surface area contributed by atoms with Gasteiger partial charge >= 0.3 is 0 Å². The number of benzene rings is 1. The van der Waals surface area contributed by atoms with Gasteiger partial charge in [0.25, 0.3) is 0 Å². The molecule has 0 radical (unpaired) electrons. The second-order valence-electron chi connectivity index (χ2n) is 5.82. The normalized spacial score (nSPS) is 29.4. The highest BCUT2D eigenvalue weighted by molar-refractivity contribution is 9.10. The molecule has 0 aromatic heterocycles. The Labute approximate surface area is 118 Å². The van der Waals surface area contributed by atoms with Gasteiger partial charge in [-0.1, -0.05) is 34.1 Å². The van der Waals surface area contributed by atoms with E-state index in [2.05, 4.69) is 57.3 Å². The van der Waals surface area contributed by atoms with Gasteiger partial charge in [0.05, 0.1) is 0 Å². The molecule has 1 aliphatic carbocycles. The van der Waals surface area contributed by atoms with Crippen molar-refractivity contribution >= 4 is 15.9 Å². The van der Waals surface area contributed by atoms with Crippen LogP contribution in [0.15, 0.2) is 28.7 Å². The van der Waals surface area contributed by atoms with Crippen molar-refractivity contribution in [3.8, 4) is 0 Å². The molecular weight excluding hydrogens is 288 g/mol. The van der Waals surface area contributed by atoms with Crippen molar-refractivity contribution in [2.24, 2.45) is 5.92 Å². The largest absolute Gasteiger partial charge is 0.314 e. The molecule has 1 heterocycles. The molecule has 0 bridgehead atoms. The summed E-state index contributed by atoms with van der Waals surface area (Å²) >= 11 is 3.67. The number of piperazine rings is 1. The van der Waals surface area contributed by atoms with Crippen LogP contribution in [0.3, 0.4) is 0 Å². The molecule has 0 amide bonds. The lowest BCUT2D eigenvalue weighted by atomic mass is 9.90. The summed E-state index contributed by atoms with van der Waals surface area (Å²) in [5.74, 6) is 0.896. The molecule has 1 aromatic carbocycles. The van der Waals surface area contributed by atoms with Crippen molar-refractivity contribution in [2.45, 2.75) is 31.8 Å². The van der Waals surface area contributed by atoms with E-state index in [1.807, 2.05) is 0 Å². The van der Waals surface area contributed by atoms with Crippen molar-refractivity contribution in [2.75, 3.05) is 19.6 Å². The molecule has 2 fully saturated rings. The number of halogens is 1. The third kappa shape index (κ3) is 2.36. The minimum Gasteiger partial charge on any atom is -0.314 e. The first kappa shape index (κ1) is 12.6. The summed E-state index contributed by atoms with van der Waals surface area (Å²) in [5, 5.41) is 3.57. The summed E-state index contributed by atoms with van der Waals surface area (Å²) in [6.45, 7) is 6.92. The minimum absolute atomic E-state index is 0.355. The number of nitrogens with zero attached hydrogens (tertiary/aromatic N) is 1. The van der Waals surface area contributed by atoms with Crippen molar-refractivity contribution in [1.29, 1.82) is 0 Å². The van der Waals surface area contributed by atoms with Crippen LogP contribution < -0.4 is 5.32 Å². The summed E-state index contributed by atoms with van der Waals surface area (Å²) in [7, 11) is 0. The average molecular weight is 309 g/mol. The van der Waals surface area contributed by atoms with E-state index in [9.17, 15) is 0 Å². The Balaban J connectivity index is 1.79. The summed E-state index contributed by atoms with van der Waals surface area (Å²) in [5.41, 5.74) is 1.76. The Bertz CT molecular complexity index is 430. The fraction of sp³-hybridized carbons (Fsp3) is 0.600. The maximum Gasteiger partial charge on any atom is 0.0337 e. The minimum atomic E-state index is 0.355. The molecule has 1 N–H and O–H groups in total. The third-order valence-corrected chi connectivity index (χ3v) is 5.31. The van der Waals surface area contributed by atoms with Gasteiger partial charge in [-0.05, 0) is 37.3 Å². The van der Waals surface area contributed by atoms with Crippen LogP contribution in [0.1, 0.15) is 25.3 Å². The topological polar surface area (TPSA) is 15.3 Å². The van der Waals surface area contributed by atoms with Crippen molar-refractivity contribution in [3.63, 3.8) is 0 Å². The van der Waals surface area contributed by atoms with Gasteiger partial charge in [0.15, 0.2) is 0 Å². The summed E-state index contributed by atoms with van der Waals surface area (Å²) < 4.78 is 1.24. The van der Waals surface area contributed by atoms with Crippen LogP contribution in [-0.4, -0.2) is 30.1 Å². The van der Waals surface area contributed by atoms with Gasteiger partial charge < -0.3 is 5.32 Å². The fourth-order valence-electron chi connectivity index (χ4n) is 3.12. The molecule has 18 heavy (non-hydrogen) atoms. The first-order chi connectivity index (χ1) is 8.70. The second-order valence-corrected chi connectivity index (χ2v) is 6.68. The van der Waals surface area contributed by atoms with E-state index in [1.54, 1.807) is 0 Å². The molecule has 1 saturated heterocycles. The molecule has 1 aromatic rings. The van der Waals surface area contributed by atoms with Gasteiger partial charge in [-0.3, -0.25) is 4.90 Å². The van der Waals surface area contributed by atoms with E-state index < -0.39 is 0 Å². The Morgan fingerprint density at radius 2 is 2.17 bits per heavy atom. The number of rotatable bonds is 3. The highest BCUT2D eigenvalue weighted by Gasteiger charge is 2.46. The molecule has 98 valence electrons. The molecule has 3 heteroatoms. The predicted octanol–water partition coefficient (Wildman–Crippen LogP) is 3.02. The van der Waals surface area contributed by atoms with Gasteiger partial charge in [0.2, 0.25) is 0 Å².